The van der Waals surface area contributed by atoms with E-state index in [2.05, 4.69) is 24.9 Å². The molecule has 2 aromatic carbocycles. The molecule has 1 atom stereocenters. The Morgan fingerprint density at radius 2 is 1.78 bits per heavy atom. The second-order valence-electron chi connectivity index (χ2n) is 7.17. The Bertz CT molecular complexity index is 823. The summed E-state index contributed by atoms with van der Waals surface area (Å²) in [6.07, 6.45) is 4.95. The molecule has 0 aromatic heterocycles. The average Bonchev–Trinajstić information content (AvgIpc) is 2.84. The Kier molecular flexibility index (Phi) is 7.41. The van der Waals surface area contributed by atoms with E-state index in [1.54, 1.807) is 24.3 Å². The molecule has 0 bridgehead atoms. The van der Waals surface area contributed by atoms with E-state index in [1.165, 1.54) is 43.5 Å². The van der Waals surface area contributed by atoms with E-state index in [4.69, 9.17) is 4.55 Å². The Morgan fingerprint density at radius 1 is 1.07 bits per heavy atom. The Morgan fingerprint density at radius 3 is 2.33 bits per heavy atom. The number of likely N-dealkylation sites (N-methyl/N-ethyl adjacent to an activating group) is 1. The van der Waals surface area contributed by atoms with Gasteiger partial charge in [-0.05, 0) is 62.7 Å². The van der Waals surface area contributed by atoms with Crippen molar-refractivity contribution in [1.82, 2.24) is 4.90 Å². The molecule has 1 fully saturated rings. The summed E-state index contributed by atoms with van der Waals surface area (Å²) in [7, 11) is -1.80. The van der Waals surface area contributed by atoms with Gasteiger partial charge in [0.2, 0.25) is 0 Å². The highest BCUT2D eigenvalue weighted by molar-refractivity contribution is 7.85. The molecule has 6 heteroatoms. The third-order valence-corrected chi connectivity index (χ3v) is 6.06. The summed E-state index contributed by atoms with van der Waals surface area (Å²) in [5.74, 6) is 0.391. The molecule has 1 saturated heterocycles. The van der Waals surface area contributed by atoms with Crippen LogP contribution in [0.4, 0.5) is 0 Å². The number of rotatable bonds is 3. The lowest BCUT2D eigenvalue weighted by atomic mass is 9.74. The van der Waals surface area contributed by atoms with E-state index in [0.29, 0.717) is 5.75 Å². The fraction of sp³-hybridized carbons (Fsp3) is 0.429. The molecule has 0 saturated carbocycles. The van der Waals surface area contributed by atoms with Crippen molar-refractivity contribution in [3.8, 4) is 5.75 Å². The summed E-state index contributed by atoms with van der Waals surface area (Å²) in [5, 5.41) is 9.68. The van der Waals surface area contributed by atoms with Crippen LogP contribution < -0.4 is 0 Å². The minimum Gasteiger partial charge on any atom is -0.508 e. The van der Waals surface area contributed by atoms with Crippen LogP contribution in [0.25, 0.3) is 0 Å². The zero-order valence-corrected chi connectivity index (χ0v) is 16.8. The standard InChI is InChI=1S/C15H23NO.C6H6O3S/c1-3-15(9-4-5-10-16(2)12-15)13-7-6-8-14(17)11-13;7-10(8,9)6-4-2-1-3-5-6/h6-8,11,17H,3-5,9-10,12H2,1-2H3;1-5H,(H,7,8,9). The molecule has 0 radical (unpaired) electrons. The van der Waals surface area contributed by atoms with E-state index in [9.17, 15) is 13.5 Å². The van der Waals surface area contributed by atoms with Gasteiger partial charge in [-0.15, -0.1) is 0 Å². The van der Waals surface area contributed by atoms with Gasteiger partial charge in [-0.2, -0.15) is 8.42 Å². The van der Waals surface area contributed by atoms with Gasteiger partial charge >= 0.3 is 0 Å². The molecule has 27 heavy (non-hydrogen) atoms. The highest BCUT2D eigenvalue weighted by Gasteiger charge is 2.33. The zero-order valence-electron chi connectivity index (χ0n) is 16.0. The normalized spacial score (nSPS) is 21.0. The number of likely N-dealkylation sites (tertiary alicyclic amines) is 1. The van der Waals surface area contributed by atoms with Gasteiger partial charge in [-0.1, -0.05) is 43.7 Å². The number of phenols is 1. The summed E-state index contributed by atoms with van der Waals surface area (Å²) in [6, 6.07) is 15.3. The maximum absolute atomic E-state index is 10.4. The first-order chi connectivity index (χ1) is 12.8. The van der Waals surface area contributed by atoms with Crippen LogP contribution in [0.15, 0.2) is 59.5 Å². The van der Waals surface area contributed by atoms with Crippen LogP contribution in [0.2, 0.25) is 0 Å². The van der Waals surface area contributed by atoms with Crippen LogP contribution >= 0.6 is 0 Å². The molecule has 0 spiro atoms. The van der Waals surface area contributed by atoms with Crippen LogP contribution in [-0.4, -0.2) is 43.1 Å². The molecule has 2 N–H and O–H groups in total. The highest BCUT2D eigenvalue weighted by atomic mass is 32.2. The number of benzene rings is 2. The summed E-state index contributed by atoms with van der Waals surface area (Å²) in [4.78, 5) is 2.36. The lowest BCUT2D eigenvalue weighted by Crippen LogP contribution is -2.37. The van der Waals surface area contributed by atoms with E-state index in [-0.39, 0.29) is 10.3 Å². The molecule has 1 aliphatic rings. The average molecular weight is 392 g/mol. The third kappa shape index (κ3) is 6.06. The molecule has 1 unspecified atom stereocenters. The topological polar surface area (TPSA) is 77.8 Å². The molecule has 0 aliphatic carbocycles. The molecule has 2 aromatic rings. The quantitative estimate of drug-likeness (QED) is 0.771. The maximum Gasteiger partial charge on any atom is 0.294 e. The van der Waals surface area contributed by atoms with Crippen molar-refractivity contribution < 1.29 is 18.1 Å². The van der Waals surface area contributed by atoms with Crippen molar-refractivity contribution >= 4 is 10.1 Å². The second-order valence-corrected chi connectivity index (χ2v) is 8.59. The van der Waals surface area contributed by atoms with Crippen molar-refractivity contribution in [3.05, 3.63) is 60.2 Å². The second kappa shape index (κ2) is 9.35. The first-order valence-electron chi connectivity index (χ1n) is 9.27. The van der Waals surface area contributed by atoms with E-state index in [1.807, 2.05) is 12.1 Å². The van der Waals surface area contributed by atoms with Crippen LogP contribution in [0.1, 0.15) is 38.2 Å². The van der Waals surface area contributed by atoms with Crippen molar-refractivity contribution in [1.29, 1.82) is 0 Å². The summed E-state index contributed by atoms with van der Waals surface area (Å²) >= 11 is 0. The van der Waals surface area contributed by atoms with Crippen LogP contribution in [0.3, 0.4) is 0 Å². The lowest BCUT2D eigenvalue weighted by molar-refractivity contribution is 0.256. The fourth-order valence-electron chi connectivity index (χ4n) is 3.68. The first-order valence-corrected chi connectivity index (χ1v) is 10.7. The Labute approximate surface area is 162 Å². The Balaban J connectivity index is 0.000000223. The van der Waals surface area contributed by atoms with E-state index >= 15 is 0 Å². The Hall–Kier alpha value is -1.89. The number of hydrogen-bond donors (Lipinski definition) is 2. The van der Waals surface area contributed by atoms with Gasteiger partial charge in [0.15, 0.2) is 0 Å². The minimum atomic E-state index is -4.00. The molecular formula is C21H29NO4S. The smallest absolute Gasteiger partial charge is 0.294 e. The molecule has 1 aliphatic heterocycles. The number of nitrogens with zero attached hydrogens (tertiary/aromatic N) is 1. The van der Waals surface area contributed by atoms with Crippen LogP contribution in [0, 0.1) is 0 Å². The maximum atomic E-state index is 10.4. The molecule has 3 rings (SSSR count). The highest BCUT2D eigenvalue weighted by Crippen LogP contribution is 2.37. The lowest BCUT2D eigenvalue weighted by Gasteiger charge is -2.35. The van der Waals surface area contributed by atoms with Gasteiger partial charge in [-0.25, -0.2) is 0 Å². The number of hydrogen-bond acceptors (Lipinski definition) is 4. The fourth-order valence-corrected chi connectivity index (χ4v) is 4.18. The summed E-state index contributed by atoms with van der Waals surface area (Å²) in [6.45, 7) is 4.57. The van der Waals surface area contributed by atoms with Gasteiger partial charge < -0.3 is 10.0 Å². The van der Waals surface area contributed by atoms with E-state index in [0.717, 1.165) is 13.0 Å². The van der Waals surface area contributed by atoms with Gasteiger partial charge in [-0.3, -0.25) is 4.55 Å². The monoisotopic (exact) mass is 391 g/mol. The largest absolute Gasteiger partial charge is 0.508 e. The summed E-state index contributed by atoms with van der Waals surface area (Å²) in [5.41, 5.74) is 1.53. The molecule has 5 nitrogen and oxygen atoms in total. The van der Waals surface area contributed by atoms with Gasteiger partial charge in [0.1, 0.15) is 5.75 Å². The SMILES string of the molecule is CCC1(c2cccc(O)c2)CCCCN(C)C1.O=S(=O)(O)c1ccccc1. The zero-order chi connectivity index (χ0) is 19.9. The van der Waals surface area contributed by atoms with Crippen molar-refractivity contribution in [2.75, 3.05) is 20.1 Å². The van der Waals surface area contributed by atoms with Gasteiger partial charge in [0.05, 0.1) is 4.90 Å². The van der Waals surface area contributed by atoms with E-state index < -0.39 is 10.1 Å². The summed E-state index contributed by atoms with van der Waals surface area (Å²) < 4.78 is 29.2. The van der Waals surface area contributed by atoms with Gasteiger partial charge in [0, 0.05) is 12.0 Å². The van der Waals surface area contributed by atoms with Crippen LogP contribution in [0.5, 0.6) is 5.75 Å². The molecular weight excluding hydrogens is 362 g/mol. The molecule has 1 heterocycles. The minimum absolute atomic E-state index is 0.0741. The van der Waals surface area contributed by atoms with Gasteiger partial charge in [0.25, 0.3) is 10.1 Å². The third-order valence-electron chi connectivity index (χ3n) is 5.19. The van der Waals surface area contributed by atoms with Crippen molar-refractivity contribution in [2.45, 2.75) is 42.9 Å². The number of aromatic hydroxyl groups is 1. The number of phenolic OH excluding ortho intramolecular Hbond substituents is 1. The molecule has 0 amide bonds. The predicted octanol–water partition coefficient (Wildman–Crippen LogP) is 4.09. The first kappa shape index (κ1) is 21.4. The van der Waals surface area contributed by atoms with Crippen molar-refractivity contribution in [3.63, 3.8) is 0 Å². The predicted molar refractivity (Wildman–Crippen MR) is 108 cm³/mol. The van der Waals surface area contributed by atoms with Crippen LogP contribution in [-0.2, 0) is 15.5 Å². The molecule has 148 valence electrons. The van der Waals surface area contributed by atoms with Crippen molar-refractivity contribution in [2.24, 2.45) is 0 Å².